The zero-order valence-corrected chi connectivity index (χ0v) is 12.4. The van der Waals surface area contributed by atoms with Gasteiger partial charge in [0.05, 0.1) is 5.56 Å². The number of benzene rings is 1. The Kier molecular flexibility index (Phi) is 4.04. The maximum Gasteiger partial charge on any atom is 0.253 e. The summed E-state index contributed by atoms with van der Waals surface area (Å²) in [5, 5.41) is 6.04. The third-order valence-corrected chi connectivity index (χ3v) is 3.65. The van der Waals surface area contributed by atoms with Crippen LogP contribution in [-0.4, -0.2) is 16.9 Å². The Labute approximate surface area is 128 Å². The molecule has 1 aromatic heterocycles. The molecule has 0 atom stereocenters. The fraction of sp³-hybridized carbons (Fsp3) is 0.294. The molecule has 2 N–H and O–H groups in total. The molecular weight excluding hydrogens is 281 g/mol. The molecule has 5 heteroatoms. The fourth-order valence-corrected chi connectivity index (χ4v) is 2.07. The summed E-state index contributed by atoms with van der Waals surface area (Å²) in [6.07, 6.45) is 3.67. The molecule has 1 aromatic carbocycles. The van der Waals surface area contributed by atoms with Crippen LogP contribution in [0.25, 0.3) is 0 Å². The monoisotopic (exact) mass is 299 g/mol. The van der Waals surface area contributed by atoms with Gasteiger partial charge >= 0.3 is 0 Å². The van der Waals surface area contributed by atoms with Crippen molar-refractivity contribution in [3.05, 3.63) is 59.0 Å². The highest BCUT2D eigenvalue weighted by atomic mass is 19.1. The Morgan fingerprint density at radius 1 is 1.32 bits per heavy atom. The molecule has 1 aliphatic carbocycles. The number of hydrogen-bond acceptors (Lipinski definition) is 3. The van der Waals surface area contributed by atoms with E-state index < -0.39 is 0 Å². The number of halogens is 1. The van der Waals surface area contributed by atoms with Gasteiger partial charge in [-0.05, 0) is 49.1 Å². The van der Waals surface area contributed by atoms with E-state index in [1.807, 2.05) is 6.07 Å². The SMILES string of the molecule is Cc1ccc(CNc2ccc(C(=O)NC3CC3)cn2)cc1F. The van der Waals surface area contributed by atoms with Gasteiger partial charge in [-0.15, -0.1) is 0 Å². The second-order valence-corrected chi connectivity index (χ2v) is 5.62. The standard InChI is InChI=1S/C17H18FN3O/c1-11-2-3-12(8-15(11)18)9-19-16-7-4-13(10-20-16)17(22)21-14-5-6-14/h2-4,7-8,10,14H,5-6,9H2,1H3,(H,19,20)(H,21,22). The van der Waals surface area contributed by atoms with Gasteiger partial charge in [0.2, 0.25) is 0 Å². The minimum absolute atomic E-state index is 0.0813. The third-order valence-electron chi connectivity index (χ3n) is 3.65. The number of hydrogen-bond donors (Lipinski definition) is 2. The molecule has 0 radical (unpaired) electrons. The van der Waals surface area contributed by atoms with E-state index in [2.05, 4.69) is 15.6 Å². The van der Waals surface area contributed by atoms with Gasteiger partial charge in [-0.2, -0.15) is 0 Å². The number of anilines is 1. The molecular formula is C17H18FN3O. The first kappa shape index (κ1) is 14.5. The largest absolute Gasteiger partial charge is 0.366 e. The average molecular weight is 299 g/mol. The average Bonchev–Trinajstić information content (AvgIpc) is 3.33. The summed E-state index contributed by atoms with van der Waals surface area (Å²) in [5.41, 5.74) is 2.03. The van der Waals surface area contributed by atoms with Crippen molar-refractivity contribution in [2.24, 2.45) is 0 Å². The number of aromatic nitrogens is 1. The second kappa shape index (κ2) is 6.13. The number of carbonyl (C=O) groups excluding carboxylic acids is 1. The van der Waals surface area contributed by atoms with Crippen LogP contribution in [0.4, 0.5) is 10.2 Å². The van der Waals surface area contributed by atoms with Crippen LogP contribution in [0, 0.1) is 12.7 Å². The van der Waals surface area contributed by atoms with Crippen LogP contribution < -0.4 is 10.6 Å². The highest BCUT2D eigenvalue weighted by molar-refractivity contribution is 5.94. The normalized spacial score (nSPS) is 13.7. The van der Waals surface area contributed by atoms with Crippen LogP contribution in [0.1, 0.15) is 34.3 Å². The van der Waals surface area contributed by atoms with E-state index in [4.69, 9.17) is 0 Å². The first-order valence-corrected chi connectivity index (χ1v) is 7.37. The van der Waals surface area contributed by atoms with Crippen LogP contribution in [0.15, 0.2) is 36.5 Å². The summed E-state index contributed by atoms with van der Waals surface area (Å²) < 4.78 is 13.5. The van der Waals surface area contributed by atoms with E-state index in [9.17, 15) is 9.18 Å². The summed E-state index contributed by atoms with van der Waals surface area (Å²) in [6.45, 7) is 2.22. The van der Waals surface area contributed by atoms with E-state index in [1.54, 1.807) is 31.3 Å². The maximum atomic E-state index is 13.5. The lowest BCUT2D eigenvalue weighted by atomic mass is 10.1. The number of rotatable bonds is 5. The van der Waals surface area contributed by atoms with Crippen LogP contribution in [-0.2, 0) is 6.54 Å². The Morgan fingerprint density at radius 2 is 2.14 bits per heavy atom. The lowest BCUT2D eigenvalue weighted by molar-refractivity contribution is 0.0951. The molecule has 0 bridgehead atoms. The second-order valence-electron chi connectivity index (χ2n) is 5.62. The predicted octanol–water partition coefficient (Wildman–Crippen LogP) is 3.03. The number of carbonyl (C=O) groups is 1. The van der Waals surface area contributed by atoms with Crippen molar-refractivity contribution in [2.45, 2.75) is 32.4 Å². The van der Waals surface area contributed by atoms with E-state index in [0.717, 1.165) is 18.4 Å². The van der Waals surface area contributed by atoms with E-state index >= 15 is 0 Å². The number of aryl methyl sites for hydroxylation is 1. The molecule has 1 aliphatic rings. The number of nitrogens with zero attached hydrogens (tertiary/aromatic N) is 1. The molecule has 0 saturated heterocycles. The van der Waals surface area contributed by atoms with Gasteiger partial charge in [-0.25, -0.2) is 9.37 Å². The van der Waals surface area contributed by atoms with Crippen molar-refractivity contribution >= 4 is 11.7 Å². The topological polar surface area (TPSA) is 54.0 Å². The first-order chi connectivity index (χ1) is 10.6. The van der Waals surface area contributed by atoms with Gasteiger partial charge in [0.25, 0.3) is 5.91 Å². The Bertz CT molecular complexity index is 681. The maximum absolute atomic E-state index is 13.5. The molecule has 1 saturated carbocycles. The van der Waals surface area contributed by atoms with Gasteiger partial charge in [0, 0.05) is 18.8 Å². The smallest absolute Gasteiger partial charge is 0.253 e. The van der Waals surface area contributed by atoms with Crippen LogP contribution >= 0.6 is 0 Å². The Balaban J connectivity index is 1.58. The summed E-state index contributed by atoms with van der Waals surface area (Å²) >= 11 is 0. The minimum Gasteiger partial charge on any atom is -0.366 e. The minimum atomic E-state index is -0.209. The summed E-state index contributed by atoms with van der Waals surface area (Å²) in [4.78, 5) is 16.1. The van der Waals surface area contributed by atoms with Crippen molar-refractivity contribution in [2.75, 3.05) is 5.32 Å². The molecule has 0 aliphatic heterocycles. The highest BCUT2D eigenvalue weighted by Gasteiger charge is 2.23. The molecule has 1 amide bonds. The molecule has 1 heterocycles. The van der Waals surface area contributed by atoms with Crippen LogP contribution in [0.5, 0.6) is 0 Å². The van der Waals surface area contributed by atoms with Gasteiger partial charge in [0.15, 0.2) is 0 Å². The lowest BCUT2D eigenvalue weighted by Gasteiger charge is -2.08. The van der Waals surface area contributed by atoms with E-state index in [0.29, 0.717) is 29.5 Å². The van der Waals surface area contributed by atoms with Crippen molar-refractivity contribution < 1.29 is 9.18 Å². The predicted molar refractivity (Wildman–Crippen MR) is 83.2 cm³/mol. The number of nitrogens with one attached hydrogen (secondary N) is 2. The molecule has 0 spiro atoms. The molecule has 22 heavy (non-hydrogen) atoms. The number of pyridine rings is 1. The van der Waals surface area contributed by atoms with Gasteiger partial charge in [-0.3, -0.25) is 4.79 Å². The van der Waals surface area contributed by atoms with Crippen molar-refractivity contribution in [3.63, 3.8) is 0 Å². The summed E-state index contributed by atoms with van der Waals surface area (Å²) in [6, 6.07) is 8.98. The molecule has 4 nitrogen and oxygen atoms in total. The van der Waals surface area contributed by atoms with Crippen molar-refractivity contribution in [3.8, 4) is 0 Å². The lowest BCUT2D eigenvalue weighted by Crippen LogP contribution is -2.25. The van der Waals surface area contributed by atoms with Crippen molar-refractivity contribution in [1.82, 2.24) is 10.3 Å². The molecule has 2 aromatic rings. The zero-order chi connectivity index (χ0) is 15.5. The van der Waals surface area contributed by atoms with Crippen LogP contribution in [0.3, 0.4) is 0 Å². The Hall–Kier alpha value is -2.43. The van der Waals surface area contributed by atoms with Crippen molar-refractivity contribution in [1.29, 1.82) is 0 Å². The van der Waals surface area contributed by atoms with Gasteiger partial charge in [-0.1, -0.05) is 12.1 Å². The Morgan fingerprint density at radius 3 is 2.77 bits per heavy atom. The van der Waals surface area contributed by atoms with Gasteiger partial charge < -0.3 is 10.6 Å². The molecule has 1 fully saturated rings. The molecule has 114 valence electrons. The number of amides is 1. The first-order valence-electron chi connectivity index (χ1n) is 7.37. The molecule has 3 rings (SSSR count). The third kappa shape index (κ3) is 3.61. The van der Waals surface area contributed by atoms with E-state index in [1.165, 1.54) is 6.07 Å². The fourth-order valence-electron chi connectivity index (χ4n) is 2.07. The summed E-state index contributed by atoms with van der Waals surface area (Å²) in [7, 11) is 0. The summed E-state index contributed by atoms with van der Waals surface area (Å²) in [5.74, 6) is 0.366. The van der Waals surface area contributed by atoms with E-state index in [-0.39, 0.29) is 11.7 Å². The highest BCUT2D eigenvalue weighted by Crippen LogP contribution is 2.19. The molecule has 0 unspecified atom stereocenters. The zero-order valence-electron chi connectivity index (χ0n) is 12.4. The quantitative estimate of drug-likeness (QED) is 0.892. The van der Waals surface area contributed by atoms with Crippen LogP contribution in [0.2, 0.25) is 0 Å². The van der Waals surface area contributed by atoms with Gasteiger partial charge in [0.1, 0.15) is 11.6 Å².